The summed E-state index contributed by atoms with van der Waals surface area (Å²) in [6.45, 7) is 0. The first-order chi connectivity index (χ1) is 8.72. The van der Waals surface area contributed by atoms with Crippen molar-refractivity contribution in [1.82, 2.24) is 4.98 Å². The van der Waals surface area contributed by atoms with E-state index in [1.807, 2.05) is 18.2 Å². The molecule has 1 atom stereocenters. The lowest BCUT2D eigenvalue weighted by molar-refractivity contribution is -0.118. The van der Waals surface area contributed by atoms with Gasteiger partial charge in [0.25, 0.3) is 0 Å². The molecule has 2 N–H and O–H groups in total. The minimum absolute atomic E-state index is 0.418. The van der Waals surface area contributed by atoms with Crippen LogP contribution < -0.4 is 10.5 Å². The van der Waals surface area contributed by atoms with Gasteiger partial charge >= 0.3 is 0 Å². The maximum Gasteiger partial charge on any atom is 0.231 e. The molecule has 0 aliphatic carbocycles. The number of carbonyl (C=O) groups is 1. The Hall–Kier alpha value is -2.36. The number of ether oxygens (including phenoxy) is 1. The summed E-state index contributed by atoms with van der Waals surface area (Å²) < 4.78 is 5.08. The van der Waals surface area contributed by atoms with Gasteiger partial charge in [-0.3, -0.25) is 9.78 Å². The summed E-state index contributed by atoms with van der Waals surface area (Å²) in [7, 11) is 1.60. The summed E-state index contributed by atoms with van der Waals surface area (Å²) in [6, 6.07) is 12.7. The Morgan fingerprint density at radius 2 is 1.94 bits per heavy atom. The molecule has 0 saturated heterocycles. The Labute approximate surface area is 105 Å². The average molecular weight is 242 g/mol. The van der Waals surface area contributed by atoms with Crippen molar-refractivity contribution in [2.45, 2.75) is 5.92 Å². The summed E-state index contributed by atoms with van der Waals surface area (Å²) in [5.41, 5.74) is 6.92. The predicted octanol–water partition coefficient (Wildman–Crippen LogP) is 1.71. The lowest BCUT2D eigenvalue weighted by Gasteiger charge is -2.13. The molecule has 0 saturated carbocycles. The van der Waals surface area contributed by atoms with Crippen LogP contribution in [0.15, 0.2) is 48.7 Å². The number of hydrogen-bond donors (Lipinski definition) is 1. The zero-order chi connectivity index (χ0) is 13.0. The van der Waals surface area contributed by atoms with E-state index in [9.17, 15) is 4.79 Å². The van der Waals surface area contributed by atoms with E-state index in [4.69, 9.17) is 10.5 Å². The number of benzene rings is 1. The number of methoxy groups -OCH3 is 1. The first-order valence-corrected chi connectivity index (χ1v) is 5.56. The van der Waals surface area contributed by atoms with Crippen molar-refractivity contribution in [2.75, 3.05) is 7.11 Å². The molecule has 1 aromatic carbocycles. The van der Waals surface area contributed by atoms with Crippen LogP contribution in [0, 0.1) is 0 Å². The molecule has 4 heteroatoms. The van der Waals surface area contributed by atoms with Crippen molar-refractivity contribution in [3.8, 4) is 5.75 Å². The van der Waals surface area contributed by atoms with E-state index in [2.05, 4.69) is 4.98 Å². The second kappa shape index (κ2) is 5.31. The van der Waals surface area contributed by atoms with Crippen LogP contribution in [0.3, 0.4) is 0 Å². The molecule has 1 amide bonds. The maximum absolute atomic E-state index is 11.6. The Bertz CT molecular complexity index is 523. The van der Waals surface area contributed by atoms with Crippen molar-refractivity contribution in [2.24, 2.45) is 5.73 Å². The molecule has 1 heterocycles. The van der Waals surface area contributed by atoms with E-state index in [1.165, 1.54) is 0 Å². The smallest absolute Gasteiger partial charge is 0.231 e. The van der Waals surface area contributed by atoms with Gasteiger partial charge in [-0.1, -0.05) is 18.2 Å². The molecule has 18 heavy (non-hydrogen) atoms. The van der Waals surface area contributed by atoms with Gasteiger partial charge < -0.3 is 10.5 Å². The van der Waals surface area contributed by atoms with Gasteiger partial charge in [0, 0.05) is 6.20 Å². The molecule has 0 spiro atoms. The fraction of sp³-hybridized carbons (Fsp3) is 0.143. The Balaban J connectivity index is 2.39. The van der Waals surface area contributed by atoms with E-state index in [1.54, 1.807) is 37.6 Å². The molecule has 2 aromatic rings. The second-order valence-electron chi connectivity index (χ2n) is 3.86. The van der Waals surface area contributed by atoms with Gasteiger partial charge in [-0.05, 0) is 29.8 Å². The van der Waals surface area contributed by atoms with E-state index < -0.39 is 11.8 Å². The number of nitrogens with zero attached hydrogens (tertiary/aromatic N) is 1. The predicted molar refractivity (Wildman–Crippen MR) is 68.3 cm³/mol. The first-order valence-electron chi connectivity index (χ1n) is 5.56. The Morgan fingerprint density at radius 3 is 2.44 bits per heavy atom. The van der Waals surface area contributed by atoms with E-state index in [0.717, 1.165) is 11.3 Å². The van der Waals surface area contributed by atoms with Crippen LogP contribution in [0.4, 0.5) is 0 Å². The van der Waals surface area contributed by atoms with Gasteiger partial charge in [-0.15, -0.1) is 0 Å². The molecule has 0 bridgehead atoms. The number of rotatable bonds is 4. The number of hydrogen-bond acceptors (Lipinski definition) is 3. The summed E-state index contributed by atoms with van der Waals surface area (Å²) in [5, 5.41) is 0. The number of primary amides is 1. The van der Waals surface area contributed by atoms with Crippen molar-refractivity contribution in [3.05, 3.63) is 59.9 Å². The van der Waals surface area contributed by atoms with E-state index in [0.29, 0.717) is 5.69 Å². The normalized spacial score (nSPS) is 11.8. The molecule has 1 unspecified atom stereocenters. The molecule has 0 aliphatic rings. The Morgan fingerprint density at radius 1 is 1.22 bits per heavy atom. The Kier molecular flexibility index (Phi) is 3.57. The van der Waals surface area contributed by atoms with Crippen LogP contribution in [-0.4, -0.2) is 18.0 Å². The lowest BCUT2D eigenvalue weighted by Crippen LogP contribution is -2.23. The van der Waals surface area contributed by atoms with Gasteiger partial charge in [0.2, 0.25) is 5.91 Å². The third-order valence-corrected chi connectivity index (χ3v) is 2.72. The zero-order valence-corrected chi connectivity index (χ0v) is 10.0. The summed E-state index contributed by atoms with van der Waals surface area (Å²) in [6.07, 6.45) is 1.65. The van der Waals surface area contributed by atoms with Gasteiger partial charge in [0.15, 0.2) is 0 Å². The highest BCUT2D eigenvalue weighted by Crippen LogP contribution is 2.24. The molecule has 0 radical (unpaired) electrons. The molecule has 2 rings (SSSR count). The number of carbonyl (C=O) groups excluding carboxylic acids is 1. The highest BCUT2D eigenvalue weighted by atomic mass is 16.5. The number of nitrogens with two attached hydrogens (primary N) is 1. The minimum atomic E-state index is -0.530. The fourth-order valence-corrected chi connectivity index (χ4v) is 1.82. The van der Waals surface area contributed by atoms with Gasteiger partial charge in [0.1, 0.15) is 11.7 Å². The van der Waals surface area contributed by atoms with E-state index in [-0.39, 0.29) is 0 Å². The second-order valence-corrected chi connectivity index (χ2v) is 3.86. The van der Waals surface area contributed by atoms with Crippen molar-refractivity contribution in [1.29, 1.82) is 0 Å². The average Bonchev–Trinajstić information content (AvgIpc) is 2.40. The van der Waals surface area contributed by atoms with Crippen LogP contribution in [0.1, 0.15) is 17.2 Å². The molecule has 92 valence electrons. The van der Waals surface area contributed by atoms with Crippen LogP contribution in [0.25, 0.3) is 0 Å². The molecule has 0 aliphatic heterocycles. The van der Waals surface area contributed by atoms with Crippen molar-refractivity contribution < 1.29 is 9.53 Å². The van der Waals surface area contributed by atoms with E-state index >= 15 is 0 Å². The van der Waals surface area contributed by atoms with Crippen LogP contribution in [-0.2, 0) is 4.79 Å². The largest absolute Gasteiger partial charge is 0.497 e. The van der Waals surface area contributed by atoms with Crippen LogP contribution >= 0.6 is 0 Å². The summed E-state index contributed by atoms with van der Waals surface area (Å²) in [5.74, 6) is -0.209. The molecule has 4 nitrogen and oxygen atoms in total. The zero-order valence-electron chi connectivity index (χ0n) is 10.0. The summed E-state index contributed by atoms with van der Waals surface area (Å²) >= 11 is 0. The van der Waals surface area contributed by atoms with Gasteiger partial charge in [-0.2, -0.15) is 0 Å². The van der Waals surface area contributed by atoms with Gasteiger partial charge in [0.05, 0.1) is 12.8 Å². The fourth-order valence-electron chi connectivity index (χ4n) is 1.82. The third-order valence-electron chi connectivity index (χ3n) is 2.72. The molecule has 1 aromatic heterocycles. The highest BCUT2D eigenvalue weighted by molar-refractivity contribution is 5.85. The van der Waals surface area contributed by atoms with Crippen LogP contribution in [0.5, 0.6) is 5.75 Å². The molecular weight excluding hydrogens is 228 g/mol. The number of aromatic nitrogens is 1. The quantitative estimate of drug-likeness (QED) is 0.887. The molecule has 0 fully saturated rings. The third kappa shape index (κ3) is 2.48. The maximum atomic E-state index is 11.6. The van der Waals surface area contributed by atoms with Crippen molar-refractivity contribution in [3.63, 3.8) is 0 Å². The lowest BCUT2D eigenvalue weighted by atomic mass is 9.94. The standard InChI is InChI=1S/C14H14N2O2/c1-18-11-7-5-10(6-8-11)13(14(15)17)12-4-2-3-9-16-12/h2-9,13H,1H3,(H2,15,17). The van der Waals surface area contributed by atoms with Crippen LogP contribution in [0.2, 0.25) is 0 Å². The highest BCUT2D eigenvalue weighted by Gasteiger charge is 2.21. The number of amides is 1. The molecular formula is C14H14N2O2. The van der Waals surface area contributed by atoms with Gasteiger partial charge in [-0.25, -0.2) is 0 Å². The number of pyridine rings is 1. The van der Waals surface area contributed by atoms with Crippen molar-refractivity contribution >= 4 is 5.91 Å². The minimum Gasteiger partial charge on any atom is -0.497 e. The SMILES string of the molecule is COc1ccc(C(C(N)=O)c2ccccn2)cc1. The monoisotopic (exact) mass is 242 g/mol. The summed E-state index contributed by atoms with van der Waals surface area (Å²) in [4.78, 5) is 15.8. The topological polar surface area (TPSA) is 65.2 Å². The first kappa shape index (κ1) is 12.1.